The molecule has 0 unspecified atom stereocenters. The van der Waals surface area contributed by atoms with Gasteiger partial charge in [0.05, 0.1) is 11.8 Å². The molecule has 7 heteroatoms. The molecule has 0 radical (unpaired) electrons. The second-order valence-electron chi connectivity index (χ2n) is 7.12. The lowest BCUT2D eigenvalue weighted by atomic mass is 10.0. The first-order valence-electron chi connectivity index (χ1n) is 8.92. The number of hydrogen-bond donors (Lipinski definition) is 1. The topological polar surface area (TPSA) is 71.8 Å². The van der Waals surface area contributed by atoms with Crippen LogP contribution in [0.1, 0.15) is 37.0 Å². The third-order valence-electron chi connectivity index (χ3n) is 4.62. The van der Waals surface area contributed by atoms with E-state index in [1.165, 1.54) is 12.5 Å². The lowest BCUT2D eigenvalue weighted by Crippen LogP contribution is -2.53. The maximum atomic E-state index is 12.7. The molecule has 1 aliphatic heterocycles. The van der Waals surface area contributed by atoms with E-state index >= 15 is 0 Å². The molecular weight excluding hydrogens is 368 g/mol. The van der Waals surface area contributed by atoms with Gasteiger partial charge in [-0.2, -0.15) is 0 Å². The fourth-order valence-corrected chi connectivity index (χ4v) is 3.12. The molecule has 6 nitrogen and oxygen atoms in total. The predicted molar refractivity (Wildman–Crippen MR) is 102 cm³/mol. The Morgan fingerprint density at radius 3 is 2.44 bits per heavy atom. The summed E-state index contributed by atoms with van der Waals surface area (Å²) in [6, 6.07) is 8.58. The number of likely N-dealkylation sites (tertiary alicyclic amines) is 1. The molecule has 2 heterocycles. The number of amides is 2. The molecule has 2 amide bonds. The number of carbonyl (C=O) groups excluding carboxylic acids is 2. The van der Waals surface area contributed by atoms with Crippen molar-refractivity contribution in [3.05, 3.63) is 53.4 Å². The fraction of sp³-hybridized carbons (Fsp3) is 0.400. The molecule has 1 aromatic heterocycles. The molecular formula is C20H23ClN2O4. The van der Waals surface area contributed by atoms with Crippen LogP contribution in [0.25, 0.3) is 0 Å². The molecule has 1 saturated heterocycles. The van der Waals surface area contributed by atoms with Gasteiger partial charge in [-0.25, -0.2) is 0 Å². The van der Waals surface area contributed by atoms with Gasteiger partial charge in [0.1, 0.15) is 12.0 Å². The number of furan rings is 1. The van der Waals surface area contributed by atoms with Crippen LogP contribution in [0, 0.1) is 0 Å². The van der Waals surface area contributed by atoms with E-state index in [-0.39, 0.29) is 17.9 Å². The number of halogens is 1. The zero-order chi connectivity index (χ0) is 19.4. The summed E-state index contributed by atoms with van der Waals surface area (Å²) in [6.07, 6.45) is 4.34. The van der Waals surface area contributed by atoms with Gasteiger partial charge in [0.25, 0.3) is 11.8 Å². The number of hydrogen-bond acceptors (Lipinski definition) is 4. The van der Waals surface area contributed by atoms with Crippen molar-refractivity contribution in [1.82, 2.24) is 10.2 Å². The van der Waals surface area contributed by atoms with Crippen LogP contribution in [0.15, 0.2) is 47.3 Å². The summed E-state index contributed by atoms with van der Waals surface area (Å²) in [6.45, 7) is 4.64. The highest BCUT2D eigenvalue weighted by atomic mass is 35.5. The zero-order valence-electron chi connectivity index (χ0n) is 15.4. The van der Waals surface area contributed by atoms with E-state index in [4.69, 9.17) is 20.8 Å². The van der Waals surface area contributed by atoms with Crippen molar-refractivity contribution in [3.8, 4) is 5.75 Å². The summed E-state index contributed by atoms with van der Waals surface area (Å²) in [5, 5.41) is 3.65. The van der Waals surface area contributed by atoms with Gasteiger partial charge in [0.15, 0.2) is 5.60 Å². The largest absolute Gasteiger partial charge is 0.478 e. The molecule has 1 aromatic carbocycles. The SMILES string of the molecule is CC(C)(Oc1ccc(Cl)cc1)C(=O)NC1CCN(C(=O)c2ccoc2)CC1. The van der Waals surface area contributed by atoms with Crippen molar-refractivity contribution in [3.63, 3.8) is 0 Å². The Labute approximate surface area is 163 Å². The third-order valence-corrected chi connectivity index (χ3v) is 4.87. The minimum absolute atomic E-state index is 0.0130. The average Bonchev–Trinajstić information content (AvgIpc) is 3.18. The molecule has 1 fully saturated rings. The highest BCUT2D eigenvalue weighted by molar-refractivity contribution is 6.30. The summed E-state index contributed by atoms with van der Waals surface area (Å²) >= 11 is 5.87. The Morgan fingerprint density at radius 1 is 1.19 bits per heavy atom. The summed E-state index contributed by atoms with van der Waals surface area (Å²) in [5.74, 6) is 0.358. The normalized spacial score (nSPS) is 15.4. The van der Waals surface area contributed by atoms with E-state index in [1.807, 2.05) is 0 Å². The molecule has 0 atom stereocenters. The van der Waals surface area contributed by atoms with Crippen LogP contribution in [-0.4, -0.2) is 41.4 Å². The number of nitrogens with one attached hydrogen (secondary N) is 1. The quantitative estimate of drug-likeness (QED) is 0.847. The Kier molecular flexibility index (Phi) is 5.75. The Balaban J connectivity index is 1.51. The van der Waals surface area contributed by atoms with Crippen molar-refractivity contribution in [1.29, 1.82) is 0 Å². The average molecular weight is 391 g/mol. The molecule has 2 aromatic rings. The minimum atomic E-state index is -1.02. The van der Waals surface area contributed by atoms with Gasteiger partial charge in [-0.15, -0.1) is 0 Å². The van der Waals surface area contributed by atoms with Crippen LogP contribution in [0.5, 0.6) is 5.75 Å². The minimum Gasteiger partial charge on any atom is -0.478 e. The summed E-state index contributed by atoms with van der Waals surface area (Å²) in [5.41, 5.74) is -0.465. The zero-order valence-corrected chi connectivity index (χ0v) is 16.2. The van der Waals surface area contributed by atoms with Gasteiger partial charge < -0.3 is 19.4 Å². The van der Waals surface area contributed by atoms with E-state index in [0.717, 1.165) is 0 Å². The van der Waals surface area contributed by atoms with E-state index in [0.29, 0.717) is 42.3 Å². The lowest BCUT2D eigenvalue weighted by Gasteiger charge is -2.34. The van der Waals surface area contributed by atoms with Gasteiger partial charge in [0, 0.05) is 24.2 Å². The Hall–Kier alpha value is -2.47. The first kappa shape index (κ1) is 19.3. The number of carbonyl (C=O) groups is 2. The van der Waals surface area contributed by atoms with Crippen LogP contribution in [0.4, 0.5) is 0 Å². The molecule has 0 bridgehead atoms. The van der Waals surface area contributed by atoms with E-state index < -0.39 is 5.60 Å². The van der Waals surface area contributed by atoms with Gasteiger partial charge in [-0.1, -0.05) is 11.6 Å². The number of ether oxygens (including phenoxy) is 1. The van der Waals surface area contributed by atoms with Gasteiger partial charge in [0.2, 0.25) is 0 Å². The van der Waals surface area contributed by atoms with Crippen molar-refractivity contribution in [2.75, 3.05) is 13.1 Å². The van der Waals surface area contributed by atoms with Crippen molar-refractivity contribution in [2.45, 2.75) is 38.3 Å². The highest BCUT2D eigenvalue weighted by Gasteiger charge is 2.33. The maximum Gasteiger partial charge on any atom is 0.263 e. The van der Waals surface area contributed by atoms with Crippen LogP contribution < -0.4 is 10.1 Å². The monoisotopic (exact) mass is 390 g/mol. The molecule has 144 valence electrons. The summed E-state index contributed by atoms with van der Waals surface area (Å²) < 4.78 is 10.8. The van der Waals surface area contributed by atoms with Gasteiger partial charge in [-0.3, -0.25) is 9.59 Å². The standard InChI is InChI=1S/C20H23ClN2O4/c1-20(2,27-17-5-3-15(21)4-6-17)19(25)22-16-7-10-23(11-8-16)18(24)14-9-12-26-13-14/h3-6,9,12-13,16H,7-8,10-11H2,1-2H3,(H,22,25). The first-order chi connectivity index (χ1) is 12.8. The van der Waals surface area contributed by atoms with E-state index in [2.05, 4.69) is 5.32 Å². The molecule has 1 N–H and O–H groups in total. The molecule has 0 spiro atoms. The second-order valence-corrected chi connectivity index (χ2v) is 7.55. The fourth-order valence-electron chi connectivity index (χ4n) is 3.00. The van der Waals surface area contributed by atoms with Crippen molar-refractivity contribution >= 4 is 23.4 Å². The van der Waals surface area contributed by atoms with E-state index in [1.54, 1.807) is 49.1 Å². The number of nitrogens with zero attached hydrogens (tertiary/aromatic N) is 1. The number of piperidine rings is 1. The first-order valence-corrected chi connectivity index (χ1v) is 9.30. The molecule has 0 aliphatic carbocycles. The van der Waals surface area contributed by atoms with Crippen LogP contribution in [0.2, 0.25) is 5.02 Å². The molecule has 0 saturated carbocycles. The Morgan fingerprint density at radius 2 is 1.85 bits per heavy atom. The second kappa shape index (κ2) is 8.05. The lowest BCUT2D eigenvalue weighted by molar-refractivity contribution is -0.135. The van der Waals surface area contributed by atoms with Crippen LogP contribution in [0.3, 0.4) is 0 Å². The third kappa shape index (κ3) is 4.83. The van der Waals surface area contributed by atoms with Crippen molar-refractivity contribution < 1.29 is 18.7 Å². The van der Waals surface area contributed by atoms with Gasteiger partial charge >= 0.3 is 0 Å². The van der Waals surface area contributed by atoms with Gasteiger partial charge in [-0.05, 0) is 57.0 Å². The molecule has 27 heavy (non-hydrogen) atoms. The van der Waals surface area contributed by atoms with E-state index in [9.17, 15) is 9.59 Å². The summed E-state index contributed by atoms with van der Waals surface area (Å²) in [7, 11) is 0. The Bertz CT molecular complexity index is 779. The molecule has 1 aliphatic rings. The number of benzene rings is 1. The molecule has 3 rings (SSSR count). The van der Waals surface area contributed by atoms with Crippen LogP contribution in [-0.2, 0) is 4.79 Å². The summed E-state index contributed by atoms with van der Waals surface area (Å²) in [4.78, 5) is 26.8. The number of rotatable bonds is 5. The highest BCUT2D eigenvalue weighted by Crippen LogP contribution is 2.22. The maximum absolute atomic E-state index is 12.7. The van der Waals surface area contributed by atoms with Crippen molar-refractivity contribution in [2.24, 2.45) is 0 Å². The van der Waals surface area contributed by atoms with Crippen LogP contribution >= 0.6 is 11.6 Å². The smallest absolute Gasteiger partial charge is 0.263 e. The predicted octanol–water partition coefficient (Wildman–Crippen LogP) is 3.51.